The first kappa shape index (κ1) is 10.1. The fourth-order valence-electron chi connectivity index (χ4n) is 1.48. The molecule has 0 saturated carbocycles. The lowest BCUT2D eigenvalue weighted by atomic mass is 10.0. The summed E-state index contributed by atoms with van der Waals surface area (Å²) in [5.41, 5.74) is 3.10. The van der Waals surface area contributed by atoms with Gasteiger partial charge in [-0.2, -0.15) is 0 Å². The largest absolute Gasteiger partial charge is 0.507 e. The van der Waals surface area contributed by atoms with E-state index in [9.17, 15) is 5.11 Å². The van der Waals surface area contributed by atoms with Gasteiger partial charge in [0.15, 0.2) is 0 Å². The number of phenols is 1. The molecule has 0 saturated heterocycles. The van der Waals surface area contributed by atoms with Crippen LogP contribution in [0.2, 0.25) is 0 Å². The number of aryl methyl sites for hydroxylation is 2. The fourth-order valence-corrected chi connectivity index (χ4v) is 1.48. The Labute approximate surface area is 79.6 Å². The molecule has 0 amide bonds. The molecule has 0 heterocycles. The molecular formula is C11H17NO. The van der Waals surface area contributed by atoms with Crippen LogP contribution in [0.3, 0.4) is 0 Å². The van der Waals surface area contributed by atoms with Crippen LogP contribution in [-0.4, -0.2) is 12.2 Å². The highest BCUT2D eigenvalue weighted by Crippen LogP contribution is 2.28. The third kappa shape index (κ3) is 2.01. The van der Waals surface area contributed by atoms with Crippen molar-refractivity contribution >= 4 is 0 Å². The van der Waals surface area contributed by atoms with Crippen molar-refractivity contribution in [3.63, 3.8) is 0 Å². The molecule has 0 spiro atoms. The maximum Gasteiger partial charge on any atom is 0.123 e. The monoisotopic (exact) mass is 179 g/mol. The molecular weight excluding hydrogens is 162 g/mol. The molecule has 2 nitrogen and oxygen atoms in total. The van der Waals surface area contributed by atoms with E-state index in [1.54, 1.807) is 0 Å². The molecule has 2 N–H and O–H groups in total. The highest BCUT2D eigenvalue weighted by atomic mass is 16.3. The lowest BCUT2D eigenvalue weighted by Crippen LogP contribution is -2.12. The van der Waals surface area contributed by atoms with Crippen molar-refractivity contribution in [3.8, 4) is 5.75 Å². The highest BCUT2D eigenvalue weighted by Gasteiger charge is 2.10. The summed E-state index contributed by atoms with van der Waals surface area (Å²) in [5, 5.41) is 12.9. The van der Waals surface area contributed by atoms with E-state index in [1.807, 2.05) is 40.0 Å². The van der Waals surface area contributed by atoms with E-state index in [-0.39, 0.29) is 6.04 Å². The Kier molecular flexibility index (Phi) is 2.94. The second kappa shape index (κ2) is 3.79. The molecule has 0 aliphatic heterocycles. The Balaban J connectivity index is 3.20. The second-order valence-electron chi connectivity index (χ2n) is 3.53. The van der Waals surface area contributed by atoms with Gasteiger partial charge in [-0.05, 0) is 33.4 Å². The Bertz CT molecular complexity index is 307. The first-order chi connectivity index (χ1) is 6.06. The zero-order valence-electron chi connectivity index (χ0n) is 8.68. The number of hydrogen-bond donors (Lipinski definition) is 2. The molecule has 0 aliphatic carbocycles. The minimum Gasteiger partial charge on any atom is -0.507 e. The summed E-state index contributed by atoms with van der Waals surface area (Å²) in [5.74, 6) is 0.410. The molecule has 0 fully saturated rings. The molecule has 1 aromatic carbocycles. The number of phenolic OH excluding ortho intramolecular Hbond substituents is 1. The number of benzene rings is 1. The van der Waals surface area contributed by atoms with E-state index in [2.05, 4.69) is 5.32 Å². The van der Waals surface area contributed by atoms with E-state index in [0.29, 0.717) is 5.75 Å². The fraction of sp³-hybridized carbons (Fsp3) is 0.455. The summed E-state index contributed by atoms with van der Waals surface area (Å²) < 4.78 is 0. The van der Waals surface area contributed by atoms with Crippen LogP contribution in [0, 0.1) is 13.8 Å². The topological polar surface area (TPSA) is 32.3 Å². The molecule has 1 aromatic rings. The van der Waals surface area contributed by atoms with Gasteiger partial charge in [-0.3, -0.25) is 0 Å². The predicted octanol–water partition coefficient (Wildman–Crippen LogP) is 2.29. The number of nitrogens with one attached hydrogen (secondary N) is 1. The molecule has 1 atom stereocenters. The summed E-state index contributed by atoms with van der Waals surface area (Å²) in [6.45, 7) is 6.00. The van der Waals surface area contributed by atoms with Gasteiger partial charge < -0.3 is 10.4 Å². The Morgan fingerprint density at radius 2 is 1.92 bits per heavy atom. The third-order valence-electron chi connectivity index (χ3n) is 2.37. The van der Waals surface area contributed by atoms with Crippen molar-refractivity contribution in [1.82, 2.24) is 5.32 Å². The van der Waals surface area contributed by atoms with Crippen LogP contribution in [0.1, 0.15) is 29.7 Å². The third-order valence-corrected chi connectivity index (χ3v) is 2.37. The van der Waals surface area contributed by atoms with Crippen LogP contribution in [-0.2, 0) is 0 Å². The Morgan fingerprint density at radius 1 is 1.31 bits per heavy atom. The molecule has 0 aromatic heterocycles. The van der Waals surface area contributed by atoms with Crippen LogP contribution < -0.4 is 5.32 Å². The van der Waals surface area contributed by atoms with Gasteiger partial charge in [-0.1, -0.05) is 17.7 Å². The van der Waals surface area contributed by atoms with Crippen LogP contribution in [0.5, 0.6) is 5.75 Å². The van der Waals surface area contributed by atoms with Gasteiger partial charge in [0, 0.05) is 11.6 Å². The van der Waals surface area contributed by atoms with E-state index >= 15 is 0 Å². The highest BCUT2D eigenvalue weighted by molar-refractivity contribution is 5.44. The molecule has 0 radical (unpaired) electrons. The average molecular weight is 179 g/mol. The number of aromatic hydroxyl groups is 1. The Morgan fingerprint density at radius 3 is 2.46 bits per heavy atom. The van der Waals surface area contributed by atoms with Gasteiger partial charge in [-0.25, -0.2) is 0 Å². The van der Waals surface area contributed by atoms with Gasteiger partial charge in [0.05, 0.1) is 0 Å². The van der Waals surface area contributed by atoms with Crippen LogP contribution in [0.15, 0.2) is 12.1 Å². The van der Waals surface area contributed by atoms with Gasteiger partial charge in [0.1, 0.15) is 5.75 Å². The lowest BCUT2D eigenvalue weighted by Gasteiger charge is -2.14. The quantitative estimate of drug-likeness (QED) is 0.730. The first-order valence-corrected chi connectivity index (χ1v) is 4.53. The standard InChI is InChI=1S/C11H17NO/c1-7-5-8(2)11(13)10(6-7)9(3)12-4/h5-6,9,12-13H,1-4H3/t9-/m0/s1. The van der Waals surface area contributed by atoms with Gasteiger partial charge in [0.2, 0.25) is 0 Å². The summed E-state index contributed by atoms with van der Waals surface area (Å²) in [6.07, 6.45) is 0. The van der Waals surface area contributed by atoms with Crippen LogP contribution in [0.25, 0.3) is 0 Å². The van der Waals surface area contributed by atoms with E-state index in [0.717, 1.165) is 11.1 Å². The predicted molar refractivity (Wildman–Crippen MR) is 55.1 cm³/mol. The van der Waals surface area contributed by atoms with Crippen molar-refractivity contribution in [1.29, 1.82) is 0 Å². The van der Waals surface area contributed by atoms with Gasteiger partial charge in [0.25, 0.3) is 0 Å². The minimum atomic E-state index is 0.193. The summed E-state index contributed by atoms with van der Waals surface area (Å²) in [7, 11) is 1.89. The minimum absolute atomic E-state index is 0.193. The molecule has 13 heavy (non-hydrogen) atoms. The molecule has 0 bridgehead atoms. The molecule has 2 heteroatoms. The SMILES string of the molecule is CN[C@@H](C)c1cc(C)cc(C)c1O. The van der Waals surface area contributed by atoms with Crippen molar-refractivity contribution in [2.24, 2.45) is 0 Å². The Hall–Kier alpha value is -1.02. The van der Waals surface area contributed by atoms with Crippen LogP contribution >= 0.6 is 0 Å². The van der Waals surface area contributed by atoms with E-state index < -0.39 is 0 Å². The maximum atomic E-state index is 9.78. The van der Waals surface area contributed by atoms with Crippen LogP contribution in [0.4, 0.5) is 0 Å². The van der Waals surface area contributed by atoms with Crippen molar-refractivity contribution in [2.75, 3.05) is 7.05 Å². The zero-order valence-corrected chi connectivity index (χ0v) is 8.68. The number of rotatable bonds is 2. The van der Waals surface area contributed by atoms with Crippen molar-refractivity contribution in [3.05, 3.63) is 28.8 Å². The molecule has 0 unspecified atom stereocenters. The summed E-state index contributed by atoms with van der Waals surface area (Å²) in [4.78, 5) is 0. The van der Waals surface area contributed by atoms with Crippen molar-refractivity contribution < 1.29 is 5.11 Å². The smallest absolute Gasteiger partial charge is 0.123 e. The molecule has 72 valence electrons. The first-order valence-electron chi connectivity index (χ1n) is 4.53. The zero-order chi connectivity index (χ0) is 10.0. The second-order valence-corrected chi connectivity index (χ2v) is 3.53. The van der Waals surface area contributed by atoms with Gasteiger partial charge in [-0.15, -0.1) is 0 Å². The van der Waals surface area contributed by atoms with E-state index in [4.69, 9.17) is 0 Å². The van der Waals surface area contributed by atoms with E-state index in [1.165, 1.54) is 5.56 Å². The average Bonchev–Trinajstić information content (AvgIpc) is 2.10. The lowest BCUT2D eigenvalue weighted by molar-refractivity contribution is 0.453. The van der Waals surface area contributed by atoms with Gasteiger partial charge >= 0.3 is 0 Å². The maximum absolute atomic E-state index is 9.78. The van der Waals surface area contributed by atoms with Crippen molar-refractivity contribution in [2.45, 2.75) is 26.8 Å². The summed E-state index contributed by atoms with van der Waals surface area (Å²) in [6, 6.07) is 4.20. The molecule has 1 rings (SSSR count). The summed E-state index contributed by atoms with van der Waals surface area (Å²) >= 11 is 0. The molecule has 0 aliphatic rings. The number of hydrogen-bond acceptors (Lipinski definition) is 2. The normalized spacial score (nSPS) is 12.9.